The van der Waals surface area contributed by atoms with Crippen LogP contribution < -0.4 is 14.8 Å². The van der Waals surface area contributed by atoms with Crippen LogP contribution in [0, 0.1) is 16.0 Å². The van der Waals surface area contributed by atoms with Gasteiger partial charge in [0.1, 0.15) is 0 Å². The van der Waals surface area contributed by atoms with Crippen LogP contribution in [0.15, 0.2) is 18.2 Å². The van der Waals surface area contributed by atoms with E-state index in [4.69, 9.17) is 9.47 Å². The van der Waals surface area contributed by atoms with E-state index in [0.29, 0.717) is 24.0 Å². The lowest BCUT2D eigenvalue weighted by atomic mass is 10.2. The molecule has 0 fully saturated rings. The molecule has 0 aliphatic rings. The molecule has 0 radical (unpaired) electrons. The number of hydrogen-bond donors (Lipinski definition) is 1. The van der Waals surface area contributed by atoms with Gasteiger partial charge in [-0.3, -0.25) is 10.1 Å². The number of nitro groups is 1. The van der Waals surface area contributed by atoms with Crippen molar-refractivity contribution < 1.29 is 14.4 Å². The Morgan fingerprint density at radius 1 is 1.42 bits per heavy atom. The first-order valence-corrected chi connectivity index (χ1v) is 6.24. The second-order valence-corrected chi connectivity index (χ2v) is 4.32. The summed E-state index contributed by atoms with van der Waals surface area (Å²) in [5.74, 6) is 1.25. The zero-order valence-electron chi connectivity index (χ0n) is 11.5. The summed E-state index contributed by atoms with van der Waals surface area (Å²) in [6, 6.07) is 4.34. The van der Waals surface area contributed by atoms with Gasteiger partial charge in [0.15, 0.2) is 11.5 Å². The van der Waals surface area contributed by atoms with E-state index in [1.165, 1.54) is 19.2 Å². The average molecular weight is 268 g/mol. The van der Waals surface area contributed by atoms with E-state index >= 15 is 0 Å². The van der Waals surface area contributed by atoms with Crippen LogP contribution in [0.4, 0.5) is 5.69 Å². The minimum absolute atomic E-state index is 0.00935. The molecule has 0 saturated carbocycles. The fourth-order valence-electron chi connectivity index (χ4n) is 1.57. The highest BCUT2D eigenvalue weighted by Crippen LogP contribution is 2.31. The van der Waals surface area contributed by atoms with E-state index < -0.39 is 4.92 Å². The van der Waals surface area contributed by atoms with Crippen LogP contribution in [0.2, 0.25) is 0 Å². The van der Waals surface area contributed by atoms with Gasteiger partial charge in [-0.15, -0.1) is 0 Å². The summed E-state index contributed by atoms with van der Waals surface area (Å²) in [7, 11) is 1.47. The molecule has 6 nitrogen and oxygen atoms in total. The molecule has 0 heterocycles. The number of rotatable bonds is 8. The fourth-order valence-corrected chi connectivity index (χ4v) is 1.57. The zero-order chi connectivity index (χ0) is 14.3. The van der Waals surface area contributed by atoms with Gasteiger partial charge >= 0.3 is 0 Å². The van der Waals surface area contributed by atoms with E-state index in [9.17, 15) is 10.1 Å². The van der Waals surface area contributed by atoms with Gasteiger partial charge in [-0.2, -0.15) is 0 Å². The number of hydrogen-bond acceptors (Lipinski definition) is 5. The Kier molecular flexibility index (Phi) is 6.08. The van der Waals surface area contributed by atoms with Crippen molar-refractivity contribution in [3.8, 4) is 11.5 Å². The Bertz CT molecular complexity index is 423. The van der Waals surface area contributed by atoms with E-state index in [-0.39, 0.29) is 5.69 Å². The second kappa shape index (κ2) is 7.58. The van der Waals surface area contributed by atoms with Crippen LogP contribution in [0.25, 0.3) is 0 Å². The van der Waals surface area contributed by atoms with Gasteiger partial charge in [0.2, 0.25) is 0 Å². The summed E-state index contributed by atoms with van der Waals surface area (Å²) < 4.78 is 10.7. The SMILES string of the molecule is CCNCC(C)COc1ccc([N+](=O)[O-])cc1OC. The molecule has 0 aromatic heterocycles. The predicted molar refractivity (Wildman–Crippen MR) is 72.9 cm³/mol. The highest BCUT2D eigenvalue weighted by atomic mass is 16.6. The van der Waals surface area contributed by atoms with Crippen LogP contribution in [-0.2, 0) is 0 Å². The molecule has 0 amide bonds. The largest absolute Gasteiger partial charge is 0.493 e. The molecule has 0 aliphatic heterocycles. The van der Waals surface area contributed by atoms with Crippen LogP contribution in [0.5, 0.6) is 11.5 Å². The van der Waals surface area contributed by atoms with Crippen LogP contribution in [-0.4, -0.2) is 31.7 Å². The third-order valence-corrected chi connectivity index (χ3v) is 2.62. The maximum Gasteiger partial charge on any atom is 0.273 e. The molecule has 0 aliphatic carbocycles. The second-order valence-electron chi connectivity index (χ2n) is 4.32. The fraction of sp³-hybridized carbons (Fsp3) is 0.538. The standard InChI is InChI=1S/C13H20N2O4/c1-4-14-8-10(2)9-19-12-6-5-11(15(16)17)7-13(12)18-3/h5-7,10,14H,4,8-9H2,1-3H3. The quantitative estimate of drug-likeness (QED) is 0.578. The first-order valence-electron chi connectivity index (χ1n) is 6.24. The normalized spacial score (nSPS) is 11.9. The van der Waals surface area contributed by atoms with E-state index in [0.717, 1.165) is 13.1 Å². The van der Waals surface area contributed by atoms with Crippen molar-refractivity contribution in [1.82, 2.24) is 5.32 Å². The molecule has 0 bridgehead atoms. The van der Waals surface area contributed by atoms with Crippen molar-refractivity contribution in [2.24, 2.45) is 5.92 Å². The molecule has 19 heavy (non-hydrogen) atoms. The topological polar surface area (TPSA) is 73.6 Å². The van der Waals surface area contributed by atoms with Crippen molar-refractivity contribution in [1.29, 1.82) is 0 Å². The Hall–Kier alpha value is -1.82. The molecule has 6 heteroatoms. The summed E-state index contributed by atoms with van der Waals surface area (Å²) in [6.07, 6.45) is 0. The highest BCUT2D eigenvalue weighted by molar-refractivity contribution is 5.48. The lowest BCUT2D eigenvalue weighted by Crippen LogP contribution is -2.24. The molecule has 1 N–H and O–H groups in total. The van der Waals surface area contributed by atoms with Gasteiger partial charge in [0.05, 0.1) is 24.7 Å². The maximum atomic E-state index is 10.7. The molecule has 1 rings (SSSR count). The highest BCUT2D eigenvalue weighted by Gasteiger charge is 2.13. The van der Waals surface area contributed by atoms with Gasteiger partial charge in [0.25, 0.3) is 5.69 Å². The summed E-state index contributed by atoms with van der Waals surface area (Å²) in [5, 5.41) is 13.9. The molecule has 106 valence electrons. The van der Waals surface area contributed by atoms with Gasteiger partial charge in [0, 0.05) is 18.5 Å². The number of non-ortho nitro benzene ring substituents is 1. The molecule has 0 spiro atoms. The van der Waals surface area contributed by atoms with E-state index in [1.54, 1.807) is 6.07 Å². The number of methoxy groups -OCH3 is 1. The number of nitrogens with zero attached hydrogens (tertiary/aromatic N) is 1. The number of nitrogens with one attached hydrogen (secondary N) is 1. The molecule has 1 aromatic rings. The van der Waals surface area contributed by atoms with Gasteiger partial charge in [-0.1, -0.05) is 13.8 Å². The lowest BCUT2D eigenvalue weighted by Gasteiger charge is -2.15. The molecule has 1 aromatic carbocycles. The van der Waals surface area contributed by atoms with Gasteiger partial charge in [-0.05, 0) is 12.6 Å². The Labute approximate surface area is 112 Å². The predicted octanol–water partition coefficient (Wildman–Crippen LogP) is 2.23. The van der Waals surface area contributed by atoms with Gasteiger partial charge < -0.3 is 14.8 Å². The first-order chi connectivity index (χ1) is 9.08. The number of nitro benzene ring substituents is 1. The van der Waals surface area contributed by atoms with Crippen molar-refractivity contribution in [2.45, 2.75) is 13.8 Å². The van der Waals surface area contributed by atoms with Crippen LogP contribution >= 0.6 is 0 Å². The maximum absolute atomic E-state index is 10.7. The third-order valence-electron chi connectivity index (χ3n) is 2.62. The minimum atomic E-state index is -0.458. The van der Waals surface area contributed by atoms with Crippen LogP contribution in [0.3, 0.4) is 0 Å². The Morgan fingerprint density at radius 2 is 2.16 bits per heavy atom. The number of benzene rings is 1. The van der Waals surface area contributed by atoms with Crippen molar-refractivity contribution in [3.05, 3.63) is 28.3 Å². The van der Waals surface area contributed by atoms with Gasteiger partial charge in [-0.25, -0.2) is 0 Å². The first kappa shape index (κ1) is 15.2. The third kappa shape index (κ3) is 4.75. The smallest absolute Gasteiger partial charge is 0.273 e. The molecule has 1 atom stereocenters. The summed E-state index contributed by atoms with van der Waals surface area (Å²) in [5.41, 5.74) is -0.00935. The number of ether oxygens (including phenoxy) is 2. The minimum Gasteiger partial charge on any atom is -0.493 e. The average Bonchev–Trinajstić information content (AvgIpc) is 2.42. The molecular weight excluding hydrogens is 248 g/mol. The Balaban J connectivity index is 2.65. The van der Waals surface area contributed by atoms with Crippen LogP contribution in [0.1, 0.15) is 13.8 Å². The van der Waals surface area contributed by atoms with Crippen molar-refractivity contribution >= 4 is 5.69 Å². The monoisotopic (exact) mass is 268 g/mol. The summed E-state index contributed by atoms with van der Waals surface area (Å²) in [6.45, 7) is 6.44. The van der Waals surface area contributed by atoms with Crippen molar-refractivity contribution in [2.75, 3.05) is 26.8 Å². The lowest BCUT2D eigenvalue weighted by molar-refractivity contribution is -0.384. The Morgan fingerprint density at radius 3 is 2.74 bits per heavy atom. The van der Waals surface area contributed by atoms with Crippen molar-refractivity contribution in [3.63, 3.8) is 0 Å². The molecule has 1 unspecified atom stereocenters. The van der Waals surface area contributed by atoms with E-state index in [1.807, 2.05) is 6.92 Å². The zero-order valence-corrected chi connectivity index (χ0v) is 11.5. The van der Waals surface area contributed by atoms with E-state index in [2.05, 4.69) is 12.2 Å². The molecular formula is C13H20N2O4. The molecule has 0 saturated heterocycles. The summed E-state index contributed by atoms with van der Waals surface area (Å²) >= 11 is 0. The summed E-state index contributed by atoms with van der Waals surface area (Å²) in [4.78, 5) is 10.2.